The van der Waals surface area contributed by atoms with Crippen LogP contribution in [0.15, 0.2) is 48.5 Å². The fourth-order valence-corrected chi connectivity index (χ4v) is 3.49. The van der Waals surface area contributed by atoms with Crippen molar-refractivity contribution in [2.45, 2.75) is 71.0 Å². The number of aliphatic hydroxyl groups is 2. The molecule has 2 aromatic rings. The third-order valence-electron chi connectivity index (χ3n) is 5.95. The molecular formula is C36H41N5O8. The Kier molecular flexibility index (Phi) is 18.6. The van der Waals surface area contributed by atoms with Crippen LogP contribution in [0.4, 0.5) is 0 Å². The van der Waals surface area contributed by atoms with E-state index in [9.17, 15) is 19.2 Å². The summed E-state index contributed by atoms with van der Waals surface area (Å²) >= 11 is 0. The molecular weight excluding hydrogens is 630 g/mol. The fourth-order valence-electron chi connectivity index (χ4n) is 3.49. The smallest absolute Gasteiger partial charge is 0.330 e. The van der Waals surface area contributed by atoms with Crippen LogP contribution in [0.25, 0.3) is 0 Å². The minimum Gasteiger partial charge on any atom is -0.464 e. The van der Waals surface area contributed by atoms with E-state index in [0.717, 1.165) is 0 Å². The highest BCUT2D eigenvalue weighted by molar-refractivity contribution is 5.98. The Morgan fingerprint density at radius 1 is 0.694 bits per heavy atom. The van der Waals surface area contributed by atoms with Crippen LogP contribution < -0.4 is 27.6 Å². The van der Waals surface area contributed by atoms with Crippen molar-refractivity contribution in [3.05, 3.63) is 70.8 Å². The second kappa shape index (κ2) is 22.0. The van der Waals surface area contributed by atoms with E-state index in [-0.39, 0.29) is 6.61 Å². The molecule has 0 saturated carbocycles. The fraction of sp³-hybridized carbons (Fsp3) is 0.333. The molecule has 0 aliphatic heterocycles. The number of nitrogens with two attached hydrogens (primary N) is 2. The summed E-state index contributed by atoms with van der Waals surface area (Å²) in [5.74, 6) is 18.5. The Hall–Kier alpha value is -5.64. The number of ether oxygens (including phenoxy) is 1. The van der Waals surface area contributed by atoms with Gasteiger partial charge in [0.05, 0.1) is 6.61 Å². The Bertz CT molecular complexity index is 1670. The predicted octanol–water partition coefficient (Wildman–Crippen LogP) is -0.196. The van der Waals surface area contributed by atoms with Gasteiger partial charge in [0.25, 0.3) is 17.7 Å². The molecule has 2 rings (SSSR count). The van der Waals surface area contributed by atoms with Gasteiger partial charge in [-0.1, -0.05) is 23.7 Å². The monoisotopic (exact) mass is 671 g/mol. The largest absolute Gasteiger partial charge is 0.464 e. The van der Waals surface area contributed by atoms with E-state index in [1.165, 1.54) is 31.5 Å². The van der Waals surface area contributed by atoms with Crippen LogP contribution in [0.2, 0.25) is 0 Å². The second-order valence-corrected chi connectivity index (χ2v) is 10.4. The number of hydrogen-bond acceptors (Lipinski definition) is 10. The molecule has 13 nitrogen and oxygen atoms in total. The molecule has 3 amide bonds. The summed E-state index contributed by atoms with van der Waals surface area (Å²) in [4.78, 5) is 47.7. The first-order valence-electron chi connectivity index (χ1n) is 15.0. The average Bonchev–Trinajstić information content (AvgIpc) is 3.06. The molecule has 0 saturated heterocycles. The summed E-state index contributed by atoms with van der Waals surface area (Å²) in [5, 5.41) is 31.7. The molecule has 13 heteroatoms. The number of aliphatic hydroxyl groups excluding tert-OH is 2. The highest BCUT2D eigenvalue weighted by Crippen LogP contribution is 2.06. The molecule has 0 spiro atoms. The standard InChI is InChI=1S/C19H22N2O4.C17H19N3O4/c1-4-25-19(24)17(14(3)20)21-18(23)16-11-9-15(10-12-16)8-6-5-7-13(2)22;1-11(21)5-3-4-6-13-7-9-14(10-8-13)16(22)19-15(12(2)18)17(23)20-24/h9-14,17,22H,4,20H2,1-3H3,(H,21,23);7-12,15,21,24H,18H2,1-2H3,(H,19,22)(H,20,23)/t13-,14-,17-;11-,12-,15-/m00/s1. The lowest BCUT2D eigenvalue weighted by molar-refractivity contribution is -0.145. The number of rotatable bonds is 9. The summed E-state index contributed by atoms with van der Waals surface area (Å²) in [6, 6.07) is 9.59. The van der Waals surface area contributed by atoms with E-state index in [0.29, 0.717) is 22.3 Å². The molecule has 0 aromatic heterocycles. The molecule has 2 aromatic carbocycles. The quantitative estimate of drug-likeness (QED) is 0.0758. The van der Waals surface area contributed by atoms with Crippen LogP contribution in [0.1, 0.15) is 66.5 Å². The van der Waals surface area contributed by atoms with E-state index >= 15 is 0 Å². The maximum Gasteiger partial charge on any atom is 0.330 e. The number of nitrogens with one attached hydrogen (secondary N) is 3. The summed E-state index contributed by atoms with van der Waals surface area (Å²) in [6.45, 7) is 8.14. The van der Waals surface area contributed by atoms with Crippen molar-refractivity contribution in [3.8, 4) is 47.4 Å². The minimum atomic E-state index is -1.06. The van der Waals surface area contributed by atoms with E-state index in [4.69, 9.17) is 31.6 Å². The van der Waals surface area contributed by atoms with Crippen LogP contribution >= 0.6 is 0 Å². The van der Waals surface area contributed by atoms with Gasteiger partial charge in [-0.25, -0.2) is 10.3 Å². The lowest BCUT2D eigenvalue weighted by Crippen LogP contribution is -2.54. The molecule has 0 fully saturated rings. The maximum atomic E-state index is 12.3. The molecule has 0 unspecified atom stereocenters. The van der Waals surface area contributed by atoms with Gasteiger partial charge in [0.15, 0.2) is 0 Å². The van der Waals surface area contributed by atoms with Crippen LogP contribution in [0.3, 0.4) is 0 Å². The number of carbonyl (C=O) groups is 4. The molecule has 49 heavy (non-hydrogen) atoms. The zero-order valence-corrected chi connectivity index (χ0v) is 27.8. The first kappa shape index (κ1) is 41.4. The summed E-state index contributed by atoms with van der Waals surface area (Å²) < 4.78 is 4.91. The third kappa shape index (κ3) is 16.2. The van der Waals surface area contributed by atoms with E-state index in [1.807, 2.05) is 0 Å². The van der Waals surface area contributed by atoms with Gasteiger partial charge in [0, 0.05) is 34.3 Å². The molecule has 0 bridgehead atoms. The molecule has 258 valence electrons. The Balaban J connectivity index is 0.000000490. The van der Waals surface area contributed by atoms with Gasteiger partial charge < -0.3 is 37.1 Å². The molecule has 0 radical (unpaired) electrons. The van der Waals surface area contributed by atoms with Gasteiger partial charge in [0.1, 0.15) is 24.3 Å². The van der Waals surface area contributed by atoms with Crippen LogP contribution in [0.5, 0.6) is 0 Å². The van der Waals surface area contributed by atoms with Gasteiger partial charge in [-0.3, -0.25) is 19.6 Å². The van der Waals surface area contributed by atoms with E-state index < -0.39 is 60.1 Å². The second-order valence-electron chi connectivity index (χ2n) is 10.4. The van der Waals surface area contributed by atoms with Crippen molar-refractivity contribution < 1.29 is 39.3 Å². The van der Waals surface area contributed by atoms with Gasteiger partial charge in [-0.2, -0.15) is 0 Å². The molecule has 0 aliphatic carbocycles. The van der Waals surface area contributed by atoms with Gasteiger partial charge >= 0.3 is 5.97 Å². The zero-order chi connectivity index (χ0) is 36.9. The van der Waals surface area contributed by atoms with Crippen molar-refractivity contribution in [2.75, 3.05) is 6.61 Å². The first-order chi connectivity index (χ1) is 23.2. The zero-order valence-electron chi connectivity index (χ0n) is 27.8. The number of esters is 1. The molecule has 0 heterocycles. The topological polar surface area (TPSA) is 226 Å². The highest BCUT2D eigenvalue weighted by atomic mass is 16.5. The van der Waals surface area contributed by atoms with Crippen molar-refractivity contribution in [3.63, 3.8) is 0 Å². The van der Waals surface area contributed by atoms with Gasteiger partial charge in [0.2, 0.25) is 0 Å². The SMILES string of the molecule is CCOC(=O)[C@@H](NC(=O)c1ccc(C#CC#C[C@H](C)O)cc1)[C@H](C)N.C[C@H](O)C#CC#Cc1ccc(C(=O)N[C@H](C(=O)NO)[C@H](C)N)cc1. The number of hydroxylamine groups is 1. The lowest BCUT2D eigenvalue weighted by Gasteiger charge is -2.20. The molecule has 0 aliphatic rings. The maximum absolute atomic E-state index is 12.3. The van der Waals surface area contributed by atoms with Crippen LogP contribution in [-0.2, 0) is 14.3 Å². The number of carbonyl (C=O) groups excluding carboxylic acids is 4. The van der Waals surface area contributed by atoms with Gasteiger partial charge in [-0.05, 0) is 107 Å². The van der Waals surface area contributed by atoms with Crippen molar-refractivity contribution >= 4 is 23.7 Å². The summed E-state index contributed by atoms with van der Waals surface area (Å²) in [6.07, 6.45) is -1.46. The summed E-state index contributed by atoms with van der Waals surface area (Å²) in [7, 11) is 0. The minimum absolute atomic E-state index is 0.212. The normalized spacial score (nSPS) is 13.2. The van der Waals surface area contributed by atoms with Crippen molar-refractivity contribution in [1.82, 2.24) is 16.1 Å². The Morgan fingerprint density at radius 3 is 1.41 bits per heavy atom. The van der Waals surface area contributed by atoms with Crippen molar-refractivity contribution in [2.24, 2.45) is 11.5 Å². The number of hydrogen-bond donors (Lipinski definition) is 8. The molecule has 10 N–H and O–H groups in total. The Morgan fingerprint density at radius 2 is 1.08 bits per heavy atom. The first-order valence-corrected chi connectivity index (χ1v) is 15.0. The highest BCUT2D eigenvalue weighted by Gasteiger charge is 2.26. The number of benzene rings is 2. The lowest BCUT2D eigenvalue weighted by atomic mass is 10.1. The van der Waals surface area contributed by atoms with E-state index in [2.05, 4.69) is 58.0 Å². The van der Waals surface area contributed by atoms with Crippen molar-refractivity contribution in [1.29, 1.82) is 0 Å². The average molecular weight is 672 g/mol. The Labute approximate surface area is 286 Å². The number of amides is 3. The van der Waals surface area contributed by atoms with Crippen LogP contribution in [0, 0.1) is 47.4 Å². The van der Waals surface area contributed by atoms with Gasteiger partial charge in [-0.15, -0.1) is 0 Å². The van der Waals surface area contributed by atoms with E-state index in [1.54, 1.807) is 57.2 Å². The van der Waals surface area contributed by atoms with Crippen LogP contribution in [-0.4, -0.2) is 82.1 Å². The predicted molar refractivity (Wildman–Crippen MR) is 182 cm³/mol. The molecule has 6 atom stereocenters. The summed E-state index contributed by atoms with van der Waals surface area (Å²) in [5.41, 5.74) is 14.8. The third-order valence-corrected chi connectivity index (χ3v) is 5.95.